The van der Waals surface area contributed by atoms with Crippen LogP contribution in [0.3, 0.4) is 0 Å². The van der Waals surface area contributed by atoms with Gasteiger partial charge >= 0.3 is 0 Å². The fourth-order valence-corrected chi connectivity index (χ4v) is 1.85. The molecule has 4 heteroatoms. The highest BCUT2D eigenvalue weighted by Crippen LogP contribution is 2.25. The summed E-state index contributed by atoms with van der Waals surface area (Å²) in [5.74, 6) is -0.407. The van der Waals surface area contributed by atoms with Crippen LogP contribution in [0, 0.1) is 9.52 Å². The monoisotopic (exact) mass is 268 g/mol. The number of nitrogens with one attached hydrogen (secondary N) is 1. The Balaban J connectivity index is 3.15. The van der Waals surface area contributed by atoms with Gasteiger partial charge in [0.05, 0.1) is 9.26 Å². The smallest absolute Gasteiger partial charge is 0.245 e. The number of aromatic amines is 1. The van der Waals surface area contributed by atoms with Gasteiger partial charge in [-0.15, -0.1) is 5.10 Å². The number of aromatic nitrogens is 2. The number of rotatable bonds is 0. The lowest BCUT2D eigenvalue weighted by Gasteiger charge is -2.15. The zero-order chi connectivity index (χ0) is 8.65. The van der Waals surface area contributed by atoms with Crippen LogP contribution in [-0.4, -0.2) is 10.2 Å². The maximum Gasteiger partial charge on any atom is 0.245 e. The van der Waals surface area contributed by atoms with Gasteiger partial charge in [0.25, 0.3) is 0 Å². The standard InChI is InChI=1S/C7H10FIN2/c1-7(2,3)5-4(9)6(8)11-10-5/h1-3H3,(H,10,11). The molecule has 0 atom stereocenters. The second-order valence-corrected chi connectivity index (χ2v) is 4.53. The van der Waals surface area contributed by atoms with Gasteiger partial charge in [-0.05, 0) is 22.6 Å². The third-order valence-electron chi connectivity index (χ3n) is 1.42. The Bertz CT molecular complexity index is 262. The van der Waals surface area contributed by atoms with E-state index in [1.807, 2.05) is 43.4 Å². The van der Waals surface area contributed by atoms with Gasteiger partial charge < -0.3 is 0 Å². The first-order valence-corrected chi connectivity index (χ1v) is 4.40. The van der Waals surface area contributed by atoms with E-state index < -0.39 is 5.95 Å². The van der Waals surface area contributed by atoms with E-state index >= 15 is 0 Å². The normalized spacial score (nSPS) is 12.1. The Morgan fingerprint density at radius 3 is 2.18 bits per heavy atom. The predicted molar refractivity (Wildman–Crippen MR) is 50.0 cm³/mol. The van der Waals surface area contributed by atoms with Crippen LogP contribution in [0.25, 0.3) is 0 Å². The van der Waals surface area contributed by atoms with E-state index in [1.54, 1.807) is 0 Å². The molecule has 62 valence electrons. The van der Waals surface area contributed by atoms with Crippen LogP contribution in [0.1, 0.15) is 26.5 Å². The van der Waals surface area contributed by atoms with Gasteiger partial charge in [0.1, 0.15) is 0 Å². The molecular weight excluding hydrogens is 258 g/mol. The van der Waals surface area contributed by atoms with Gasteiger partial charge in [-0.1, -0.05) is 20.8 Å². The molecule has 0 spiro atoms. The molecule has 0 amide bonds. The molecule has 2 nitrogen and oxygen atoms in total. The first-order chi connectivity index (χ1) is 4.93. The second kappa shape index (κ2) is 2.73. The number of hydrogen-bond acceptors (Lipinski definition) is 1. The van der Waals surface area contributed by atoms with Crippen molar-refractivity contribution in [1.29, 1.82) is 0 Å². The molecule has 0 bridgehead atoms. The minimum absolute atomic E-state index is 0.0616. The average molecular weight is 268 g/mol. The summed E-state index contributed by atoms with van der Waals surface area (Å²) >= 11 is 1.96. The minimum Gasteiger partial charge on any atom is -0.278 e. The molecule has 1 aromatic heterocycles. The van der Waals surface area contributed by atoms with Crippen LogP contribution < -0.4 is 0 Å². The molecular formula is C7H10FIN2. The summed E-state index contributed by atoms with van der Waals surface area (Å²) in [4.78, 5) is 0. The zero-order valence-electron chi connectivity index (χ0n) is 6.70. The number of nitrogens with zero attached hydrogens (tertiary/aromatic N) is 1. The van der Waals surface area contributed by atoms with Crippen molar-refractivity contribution in [3.05, 3.63) is 15.2 Å². The quantitative estimate of drug-likeness (QED) is 0.719. The van der Waals surface area contributed by atoms with E-state index in [4.69, 9.17) is 0 Å². The molecule has 0 unspecified atom stereocenters. The van der Waals surface area contributed by atoms with Crippen LogP contribution in [0.4, 0.5) is 4.39 Å². The summed E-state index contributed by atoms with van der Waals surface area (Å²) in [5, 5.41) is 6.16. The lowest BCUT2D eigenvalue weighted by Crippen LogP contribution is -2.13. The summed E-state index contributed by atoms with van der Waals surface area (Å²) in [7, 11) is 0. The highest BCUT2D eigenvalue weighted by atomic mass is 127. The van der Waals surface area contributed by atoms with E-state index in [9.17, 15) is 4.39 Å². The molecule has 0 radical (unpaired) electrons. The van der Waals surface area contributed by atoms with Crippen LogP contribution in [0.5, 0.6) is 0 Å². The van der Waals surface area contributed by atoms with Crippen molar-refractivity contribution in [3.63, 3.8) is 0 Å². The van der Waals surface area contributed by atoms with Crippen molar-refractivity contribution < 1.29 is 4.39 Å². The largest absolute Gasteiger partial charge is 0.278 e. The molecule has 0 aliphatic heterocycles. The first-order valence-electron chi connectivity index (χ1n) is 3.33. The summed E-state index contributed by atoms with van der Waals surface area (Å²) in [5.41, 5.74) is 0.795. The van der Waals surface area contributed by atoms with Gasteiger partial charge in [-0.2, -0.15) is 4.39 Å². The average Bonchev–Trinajstić information content (AvgIpc) is 2.11. The van der Waals surface area contributed by atoms with Gasteiger partial charge in [0.15, 0.2) is 0 Å². The van der Waals surface area contributed by atoms with Crippen molar-refractivity contribution in [2.75, 3.05) is 0 Å². The van der Waals surface area contributed by atoms with Crippen molar-refractivity contribution >= 4 is 22.6 Å². The zero-order valence-corrected chi connectivity index (χ0v) is 8.86. The molecule has 1 rings (SSSR count). The van der Waals surface area contributed by atoms with Gasteiger partial charge in [-0.3, -0.25) is 5.10 Å². The van der Waals surface area contributed by atoms with Crippen LogP contribution >= 0.6 is 22.6 Å². The van der Waals surface area contributed by atoms with Crippen LogP contribution in [0.2, 0.25) is 0 Å². The first kappa shape index (κ1) is 8.96. The fraction of sp³-hybridized carbons (Fsp3) is 0.571. The summed E-state index contributed by atoms with van der Waals surface area (Å²) < 4.78 is 13.3. The van der Waals surface area contributed by atoms with E-state index in [0.29, 0.717) is 3.57 Å². The molecule has 0 aliphatic carbocycles. The molecule has 0 saturated carbocycles. The van der Waals surface area contributed by atoms with Crippen molar-refractivity contribution in [3.8, 4) is 0 Å². The van der Waals surface area contributed by atoms with Crippen molar-refractivity contribution in [1.82, 2.24) is 10.2 Å². The lowest BCUT2D eigenvalue weighted by atomic mass is 9.93. The lowest BCUT2D eigenvalue weighted by molar-refractivity contribution is 0.563. The van der Waals surface area contributed by atoms with E-state index in [0.717, 1.165) is 5.69 Å². The molecule has 0 fully saturated rings. The topological polar surface area (TPSA) is 28.7 Å². The highest BCUT2D eigenvalue weighted by molar-refractivity contribution is 14.1. The van der Waals surface area contributed by atoms with E-state index in [2.05, 4.69) is 10.2 Å². The maximum absolute atomic E-state index is 12.7. The Morgan fingerprint density at radius 1 is 1.45 bits per heavy atom. The Hall–Kier alpha value is -0.130. The third kappa shape index (κ3) is 1.72. The summed E-state index contributed by atoms with van der Waals surface area (Å²) in [6, 6.07) is 0. The SMILES string of the molecule is CC(C)(C)c1[nH]nc(F)c1I. The highest BCUT2D eigenvalue weighted by Gasteiger charge is 2.21. The molecule has 1 N–H and O–H groups in total. The maximum atomic E-state index is 12.7. The Labute approximate surface area is 78.7 Å². The molecule has 0 saturated heterocycles. The predicted octanol–water partition coefficient (Wildman–Crippen LogP) is 2.45. The fourth-order valence-electron chi connectivity index (χ4n) is 0.803. The second-order valence-electron chi connectivity index (χ2n) is 3.45. The van der Waals surface area contributed by atoms with Gasteiger partial charge in [0, 0.05) is 5.41 Å². The number of hydrogen-bond donors (Lipinski definition) is 1. The molecule has 11 heavy (non-hydrogen) atoms. The molecule has 0 aliphatic rings. The molecule has 0 aromatic carbocycles. The Kier molecular flexibility index (Phi) is 2.22. The van der Waals surface area contributed by atoms with Crippen molar-refractivity contribution in [2.24, 2.45) is 0 Å². The van der Waals surface area contributed by atoms with Crippen LogP contribution in [-0.2, 0) is 5.41 Å². The van der Waals surface area contributed by atoms with Crippen molar-refractivity contribution in [2.45, 2.75) is 26.2 Å². The Morgan fingerprint density at radius 2 is 2.00 bits per heavy atom. The summed E-state index contributed by atoms with van der Waals surface area (Å²) in [6.07, 6.45) is 0. The van der Waals surface area contributed by atoms with E-state index in [1.165, 1.54) is 0 Å². The molecule has 1 aromatic rings. The van der Waals surface area contributed by atoms with Gasteiger partial charge in [-0.25, -0.2) is 0 Å². The molecule has 1 heterocycles. The third-order valence-corrected chi connectivity index (χ3v) is 2.40. The minimum atomic E-state index is -0.407. The summed E-state index contributed by atoms with van der Waals surface area (Å²) in [6.45, 7) is 6.05. The number of H-pyrrole nitrogens is 1. The van der Waals surface area contributed by atoms with E-state index in [-0.39, 0.29) is 5.41 Å². The van der Waals surface area contributed by atoms with Crippen LogP contribution in [0.15, 0.2) is 0 Å². The van der Waals surface area contributed by atoms with Gasteiger partial charge in [0.2, 0.25) is 5.95 Å². The number of halogens is 2.